The smallest absolute Gasteiger partial charge is 0.347 e. The van der Waals surface area contributed by atoms with E-state index in [1.165, 1.54) is 11.3 Å². The molecule has 2 rings (SSSR count). The van der Waals surface area contributed by atoms with Crippen LogP contribution in [-0.4, -0.2) is 21.0 Å². The summed E-state index contributed by atoms with van der Waals surface area (Å²) in [6, 6.07) is 3.81. The Morgan fingerprint density at radius 1 is 1.32 bits per heavy atom. The van der Waals surface area contributed by atoms with Crippen LogP contribution in [0.1, 0.15) is 41.7 Å². The molecule has 0 fully saturated rings. The SMILES string of the molecule is Cc1ccc(-c2nc(C(C)(C)C)c(C(=O)O)s2)nc1. The lowest BCUT2D eigenvalue weighted by Gasteiger charge is -2.15. The minimum Gasteiger partial charge on any atom is -0.477 e. The van der Waals surface area contributed by atoms with Gasteiger partial charge in [0.25, 0.3) is 0 Å². The van der Waals surface area contributed by atoms with E-state index >= 15 is 0 Å². The highest BCUT2D eigenvalue weighted by atomic mass is 32.1. The maximum atomic E-state index is 11.3. The van der Waals surface area contributed by atoms with Crippen molar-refractivity contribution in [2.75, 3.05) is 0 Å². The van der Waals surface area contributed by atoms with Crippen molar-refractivity contribution < 1.29 is 9.90 Å². The lowest BCUT2D eigenvalue weighted by atomic mass is 9.91. The van der Waals surface area contributed by atoms with Crippen LogP contribution in [-0.2, 0) is 5.41 Å². The second-order valence-corrected chi connectivity index (χ2v) is 6.47. The summed E-state index contributed by atoms with van der Waals surface area (Å²) >= 11 is 1.18. The largest absolute Gasteiger partial charge is 0.477 e. The Morgan fingerprint density at radius 2 is 2.00 bits per heavy atom. The molecule has 0 bridgehead atoms. The van der Waals surface area contributed by atoms with Crippen LogP contribution in [0, 0.1) is 6.92 Å². The van der Waals surface area contributed by atoms with Crippen LogP contribution < -0.4 is 0 Å². The van der Waals surface area contributed by atoms with E-state index in [2.05, 4.69) is 9.97 Å². The van der Waals surface area contributed by atoms with Crippen molar-refractivity contribution in [1.82, 2.24) is 9.97 Å². The summed E-state index contributed by atoms with van der Waals surface area (Å²) in [6.45, 7) is 7.84. The number of pyridine rings is 1. The van der Waals surface area contributed by atoms with Gasteiger partial charge in [0.05, 0.1) is 11.4 Å². The number of thiazole rings is 1. The van der Waals surface area contributed by atoms with Crippen LogP contribution in [0.2, 0.25) is 0 Å². The molecule has 0 aromatic carbocycles. The highest BCUT2D eigenvalue weighted by Crippen LogP contribution is 2.33. The molecule has 19 heavy (non-hydrogen) atoms. The predicted octanol–water partition coefficient (Wildman–Crippen LogP) is 3.51. The first-order valence-corrected chi connectivity index (χ1v) is 6.78. The van der Waals surface area contributed by atoms with Crippen molar-refractivity contribution >= 4 is 17.3 Å². The van der Waals surface area contributed by atoms with Crippen molar-refractivity contribution in [3.63, 3.8) is 0 Å². The molecule has 2 aromatic rings. The fourth-order valence-electron chi connectivity index (χ4n) is 1.68. The summed E-state index contributed by atoms with van der Waals surface area (Å²) in [5.74, 6) is -0.930. The molecule has 0 saturated heterocycles. The van der Waals surface area contributed by atoms with Gasteiger partial charge in [-0.2, -0.15) is 0 Å². The summed E-state index contributed by atoms with van der Waals surface area (Å²) in [7, 11) is 0. The highest BCUT2D eigenvalue weighted by Gasteiger charge is 2.27. The molecule has 2 heterocycles. The minimum absolute atomic E-state index is 0.296. The first kappa shape index (κ1) is 13.7. The van der Waals surface area contributed by atoms with Gasteiger partial charge in [0.15, 0.2) is 0 Å². The van der Waals surface area contributed by atoms with E-state index in [1.54, 1.807) is 6.20 Å². The van der Waals surface area contributed by atoms with E-state index in [0.29, 0.717) is 21.3 Å². The summed E-state index contributed by atoms with van der Waals surface area (Å²) in [4.78, 5) is 20.4. The highest BCUT2D eigenvalue weighted by molar-refractivity contribution is 7.17. The van der Waals surface area contributed by atoms with Gasteiger partial charge in [0.2, 0.25) is 0 Å². The predicted molar refractivity (Wildman–Crippen MR) is 75.7 cm³/mol. The third kappa shape index (κ3) is 2.81. The van der Waals surface area contributed by atoms with Gasteiger partial charge in [0.1, 0.15) is 9.88 Å². The van der Waals surface area contributed by atoms with Crippen LogP contribution in [0.25, 0.3) is 10.7 Å². The Morgan fingerprint density at radius 3 is 2.42 bits per heavy atom. The topological polar surface area (TPSA) is 63.1 Å². The molecule has 5 heteroatoms. The average Bonchev–Trinajstić information content (AvgIpc) is 2.74. The number of carboxylic acids is 1. The zero-order valence-electron chi connectivity index (χ0n) is 11.4. The Kier molecular flexibility index (Phi) is 3.41. The van der Waals surface area contributed by atoms with E-state index in [-0.39, 0.29) is 5.41 Å². The molecule has 0 radical (unpaired) electrons. The Labute approximate surface area is 116 Å². The fourth-order valence-corrected chi connectivity index (χ4v) is 2.77. The number of aromatic nitrogens is 2. The van der Waals surface area contributed by atoms with Crippen molar-refractivity contribution in [3.8, 4) is 10.7 Å². The van der Waals surface area contributed by atoms with Crippen molar-refractivity contribution in [2.24, 2.45) is 0 Å². The number of rotatable bonds is 2. The van der Waals surface area contributed by atoms with E-state index in [1.807, 2.05) is 39.8 Å². The average molecular weight is 276 g/mol. The van der Waals surface area contributed by atoms with Gasteiger partial charge in [0, 0.05) is 11.6 Å². The van der Waals surface area contributed by atoms with Crippen LogP contribution >= 0.6 is 11.3 Å². The number of carboxylic acid groups (broad SMARTS) is 1. The number of nitrogens with zero attached hydrogens (tertiary/aromatic N) is 2. The molecular formula is C14H16N2O2S. The third-order valence-corrected chi connectivity index (χ3v) is 3.73. The maximum Gasteiger partial charge on any atom is 0.347 e. The molecule has 0 spiro atoms. The normalized spacial score (nSPS) is 11.6. The van der Waals surface area contributed by atoms with E-state index in [0.717, 1.165) is 5.56 Å². The zero-order chi connectivity index (χ0) is 14.2. The van der Waals surface area contributed by atoms with Crippen LogP contribution in [0.3, 0.4) is 0 Å². The molecule has 0 saturated carbocycles. The molecule has 0 unspecified atom stereocenters. The van der Waals surface area contributed by atoms with E-state index in [9.17, 15) is 9.90 Å². The summed E-state index contributed by atoms with van der Waals surface area (Å²) in [5.41, 5.74) is 2.10. The maximum absolute atomic E-state index is 11.3. The molecule has 0 aliphatic heterocycles. The number of hydrogen-bond donors (Lipinski definition) is 1. The van der Waals surface area contributed by atoms with Gasteiger partial charge >= 0.3 is 5.97 Å². The lowest BCUT2D eigenvalue weighted by molar-refractivity contribution is 0.0699. The molecule has 100 valence electrons. The van der Waals surface area contributed by atoms with E-state index in [4.69, 9.17) is 0 Å². The number of hydrogen-bond acceptors (Lipinski definition) is 4. The fraction of sp³-hybridized carbons (Fsp3) is 0.357. The molecular weight excluding hydrogens is 260 g/mol. The Bertz CT molecular complexity index is 609. The minimum atomic E-state index is -0.930. The summed E-state index contributed by atoms with van der Waals surface area (Å²) in [5, 5.41) is 9.94. The van der Waals surface area contributed by atoms with Gasteiger partial charge in [-0.15, -0.1) is 11.3 Å². The van der Waals surface area contributed by atoms with E-state index < -0.39 is 5.97 Å². The van der Waals surface area contributed by atoms with Crippen LogP contribution in [0.15, 0.2) is 18.3 Å². The van der Waals surface area contributed by atoms with Gasteiger partial charge in [-0.25, -0.2) is 9.78 Å². The Hall–Kier alpha value is -1.75. The Balaban J connectivity index is 2.55. The summed E-state index contributed by atoms with van der Waals surface area (Å²) < 4.78 is 0. The van der Waals surface area contributed by atoms with Gasteiger partial charge in [-0.3, -0.25) is 4.98 Å². The van der Waals surface area contributed by atoms with Gasteiger partial charge in [-0.05, 0) is 18.6 Å². The molecule has 0 aliphatic carbocycles. The monoisotopic (exact) mass is 276 g/mol. The zero-order valence-corrected chi connectivity index (χ0v) is 12.2. The third-order valence-electron chi connectivity index (χ3n) is 2.66. The molecule has 0 atom stereocenters. The van der Waals surface area contributed by atoms with Crippen LogP contribution in [0.4, 0.5) is 0 Å². The van der Waals surface area contributed by atoms with Crippen molar-refractivity contribution in [2.45, 2.75) is 33.1 Å². The molecule has 0 amide bonds. The first-order valence-electron chi connectivity index (χ1n) is 5.96. The molecule has 4 nitrogen and oxygen atoms in total. The lowest BCUT2D eigenvalue weighted by Crippen LogP contribution is -2.16. The van der Waals surface area contributed by atoms with Gasteiger partial charge in [-0.1, -0.05) is 26.8 Å². The molecule has 0 aliphatic rings. The summed E-state index contributed by atoms with van der Waals surface area (Å²) in [6.07, 6.45) is 1.76. The van der Waals surface area contributed by atoms with Gasteiger partial charge < -0.3 is 5.11 Å². The second-order valence-electron chi connectivity index (χ2n) is 5.47. The second kappa shape index (κ2) is 4.74. The molecule has 2 aromatic heterocycles. The number of aryl methyl sites for hydroxylation is 1. The first-order chi connectivity index (χ1) is 8.79. The molecule has 1 N–H and O–H groups in total. The standard InChI is InChI=1S/C14H16N2O2S/c1-8-5-6-9(15-7-8)12-16-11(14(2,3)4)10(19-12)13(17)18/h5-7H,1-4H3,(H,17,18). The van der Waals surface area contributed by atoms with Crippen molar-refractivity contribution in [3.05, 3.63) is 34.5 Å². The van der Waals surface area contributed by atoms with Crippen molar-refractivity contribution in [1.29, 1.82) is 0 Å². The number of carbonyl (C=O) groups is 1. The van der Waals surface area contributed by atoms with Crippen LogP contribution in [0.5, 0.6) is 0 Å². The quantitative estimate of drug-likeness (QED) is 0.911. The number of aromatic carboxylic acids is 1.